The fourth-order valence-electron chi connectivity index (χ4n) is 4.54. The molecule has 3 aliphatic heterocycles. The maximum absolute atomic E-state index is 13.0. The van der Waals surface area contributed by atoms with Gasteiger partial charge in [0.25, 0.3) is 5.91 Å². The number of fused-ring (bicyclic) bond motifs is 2. The van der Waals surface area contributed by atoms with E-state index in [9.17, 15) is 14.4 Å². The van der Waals surface area contributed by atoms with E-state index in [0.717, 1.165) is 11.3 Å². The molecule has 2 amide bonds. The molecular weight excluding hydrogens is 384 g/mol. The van der Waals surface area contributed by atoms with Crippen molar-refractivity contribution in [3.8, 4) is 11.5 Å². The first kappa shape index (κ1) is 18.7. The Hall–Kier alpha value is -3.35. The lowest BCUT2D eigenvalue weighted by Crippen LogP contribution is -2.52. The highest BCUT2D eigenvalue weighted by molar-refractivity contribution is 6.02. The number of anilines is 1. The molecule has 1 saturated heterocycles. The number of ketones is 1. The summed E-state index contributed by atoms with van der Waals surface area (Å²) in [5.74, 6) is 1.16. The number of nitrogens with zero attached hydrogens (tertiary/aromatic N) is 1. The lowest BCUT2D eigenvalue weighted by atomic mass is 9.82. The molecule has 2 aromatic rings. The number of rotatable bonds is 2. The van der Waals surface area contributed by atoms with E-state index >= 15 is 0 Å². The maximum Gasteiger partial charge on any atom is 0.253 e. The van der Waals surface area contributed by atoms with Crippen LogP contribution >= 0.6 is 0 Å². The third kappa shape index (κ3) is 3.10. The monoisotopic (exact) mass is 406 g/mol. The average Bonchev–Trinajstić information content (AvgIpc) is 3.13. The first-order valence-electron chi connectivity index (χ1n) is 10.1. The van der Waals surface area contributed by atoms with Crippen LogP contribution in [0.25, 0.3) is 0 Å². The zero-order chi connectivity index (χ0) is 20.9. The van der Waals surface area contributed by atoms with Crippen molar-refractivity contribution in [2.24, 2.45) is 0 Å². The van der Waals surface area contributed by atoms with E-state index in [4.69, 9.17) is 9.47 Å². The average molecular weight is 406 g/mol. The molecule has 0 unspecified atom stereocenters. The number of benzene rings is 2. The Morgan fingerprint density at radius 3 is 2.70 bits per heavy atom. The van der Waals surface area contributed by atoms with Crippen LogP contribution in [-0.2, 0) is 11.2 Å². The SMILES string of the molecule is COc1ccc2c(c1)C(=O)CC1(CCN(C(=O)c3ccc4c(c3)CC(=O)N4)CC1)O2. The van der Waals surface area contributed by atoms with Gasteiger partial charge in [0.2, 0.25) is 5.91 Å². The van der Waals surface area contributed by atoms with Crippen LogP contribution < -0.4 is 14.8 Å². The van der Waals surface area contributed by atoms with Gasteiger partial charge in [-0.05, 0) is 42.0 Å². The number of methoxy groups -OCH3 is 1. The Balaban J connectivity index is 1.29. The minimum Gasteiger partial charge on any atom is -0.497 e. The van der Waals surface area contributed by atoms with Gasteiger partial charge in [0.1, 0.15) is 17.1 Å². The summed E-state index contributed by atoms with van der Waals surface area (Å²) >= 11 is 0. The zero-order valence-corrected chi connectivity index (χ0v) is 16.7. The molecule has 0 radical (unpaired) electrons. The molecule has 1 spiro atoms. The molecule has 2 aromatic carbocycles. The first-order valence-corrected chi connectivity index (χ1v) is 10.1. The molecule has 3 heterocycles. The predicted octanol–water partition coefficient (Wildman–Crippen LogP) is 2.83. The molecule has 3 aliphatic rings. The summed E-state index contributed by atoms with van der Waals surface area (Å²) < 4.78 is 11.5. The Morgan fingerprint density at radius 2 is 1.93 bits per heavy atom. The van der Waals surface area contributed by atoms with Gasteiger partial charge in [-0.1, -0.05) is 0 Å². The second-order valence-electron chi connectivity index (χ2n) is 8.14. The van der Waals surface area contributed by atoms with Gasteiger partial charge in [0.05, 0.1) is 25.5 Å². The van der Waals surface area contributed by atoms with Crippen molar-refractivity contribution in [1.82, 2.24) is 4.90 Å². The van der Waals surface area contributed by atoms with Crippen molar-refractivity contribution in [1.29, 1.82) is 0 Å². The van der Waals surface area contributed by atoms with E-state index in [1.807, 2.05) is 0 Å². The molecule has 154 valence electrons. The Labute approximate surface area is 174 Å². The molecule has 7 nitrogen and oxygen atoms in total. The Bertz CT molecular complexity index is 1070. The van der Waals surface area contributed by atoms with Gasteiger partial charge >= 0.3 is 0 Å². The van der Waals surface area contributed by atoms with Gasteiger partial charge in [0, 0.05) is 37.2 Å². The number of amides is 2. The first-order chi connectivity index (χ1) is 14.5. The summed E-state index contributed by atoms with van der Waals surface area (Å²) in [4.78, 5) is 39.1. The molecule has 1 fully saturated rings. The molecule has 0 aromatic heterocycles. The lowest BCUT2D eigenvalue weighted by molar-refractivity contribution is -0.115. The molecular formula is C23H22N2O5. The standard InChI is InChI=1S/C23H22N2O5/c1-29-16-3-5-20-17(12-16)19(26)13-23(30-20)6-8-25(9-7-23)22(28)14-2-4-18-15(10-14)11-21(27)24-18/h2-5,10,12H,6-9,11,13H2,1H3,(H,24,27). The predicted molar refractivity (Wildman–Crippen MR) is 109 cm³/mol. The largest absolute Gasteiger partial charge is 0.497 e. The van der Waals surface area contributed by atoms with Gasteiger partial charge in [-0.15, -0.1) is 0 Å². The van der Waals surface area contributed by atoms with Gasteiger partial charge in [-0.25, -0.2) is 0 Å². The number of carbonyl (C=O) groups excluding carboxylic acids is 3. The van der Waals surface area contributed by atoms with E-state index in [1.165, 1.54) is 0 Å². The van der Waals surface area contributed by atoms with Crippen molar-refractivity contribution < 1.29 is 23.9 Å². The summed E-state index contributed by atoms with van der Waals surface area (Å²) in [5, 5.41) is 2.78. The van der Waals surface area contributed by atoms with Gasteiger partial charge < -0.3 is 19.7 Å². The number of piperidine rings is 1. The van der Waals surface area contributed by atoms with Crippen LogP contribution in [-0.4, -0.2) is 48.3 Å². The maximum atomic E-state index is 13.0. The fraction of sp³-hybridized carbons (Fsp3) is 0.348. The van der Waals surface area contributed by atoms with Crippen molar-refractivity contribution in [3.63, 3.8) is 0 Å². The van der Waals surface area contributed by atoms with Crippen LogP contribution in [0.15, 0.2) is 36.4 Å². The van der Waals surface area contributed by atoms with E-state index in [-0.39, 0.29) is 17.6 Å². The summed E-state index contributed by atoms with van der Waals surface area (Å²) in [6, 6.07) is 10.6. The molecule has 30 heavy (non-hydrogen) atoms. The molecule has 0 atom stereocenters. The number of carbonyl (C=O) groups is 3. The molecule has 0 saturated carbocycles. The summed E-state index contributed by atoms with van der Waals surface area (Å²) in [6.45, 7) is 1.04. The third-order valence-electron chi connectivity index (χ3n) is 6.24. The number of ether oxygens (including phenoxy) is 2. The van der Waals surface area contributed by atoms with Gasteiger partial charge in [-0.2, -0.15) is 0 Å². The van der Waals surface area contributed by atoms with Gasteiger partial charge in [0.15, 0.2) is 5.78 Å². The number of likely N-dealkylation sites (tertiary alicyclic amines) is 1. The van der Waals surface area contributed by atoms with Gasteiger partial charge in [-0.3, -0.25) is 14.4 Å². The van der Waals surface area contributed by atoms with Crippen LogP contribution in [0, 0.1) is 0 Å². The van der Waals surface area contributed by atoms with Crippen LogP contribution in [0.2, 0.25) is 0 Å². The topological polar surface area (TPSA) is 84.9 Å². The highest BCUT2D eigenvalue weighted by Gasteiger charge is 2.44. The fourth-order valence-corrected chi connectivity index (χ4v) is 4.54. The second-order valence-corrected chi connectivity index (χ2v) is 8.14. The summed E-state index contributed by atoms with van der Waals surface area (Å²) in [7, 11) is 1.57. The molecule has 1 N–H and O–H groups in total. The van der Waals surface area contributed by atoms with Crippen molar-refractivity contribution in [3.05, 3.63) is 53.1 Å². The summed E-state index contributed by atoms with van der Waals surface area (Å²) in [5.41, 5.74) is 2.20. The molecule has 0 bridgehead atoms. The zero-order valence-electron chi connectivity index (χ0n) is 16.7. The van der Waals surface area contributed by atoms with Crippen molar-refractivity contribution in [2.45, 2.75) is 31.3 Å². The van der Waals surface area contributed by atoms with Crippen LogP contribution in [0.1, 0.15) is 45.5 Å². The molecule has 0 aliphatic carbocycles. The number of nitrogens with one attached hydrogen (secondary N) is 1. The van der Waals surface area contributed by atoms with E-state index in [0.29, 0.717) is 61.4 Å². The Morgan fingerprint density at radius 1 is 1.13 bits per heavy atom. The van der Waals surface area contributed by atoms with Crippen LogP contribution in [0.3, 0.4) is 0 Å². The highest BCUT2D eigenvalue weighted by Crippen LogP contribution is 2.40. The minimum absolute atomic E-state index is 0.0470. The number of hydrogen-bond acceptors (Lipinski definition) is 5. The normalized spacial score (nSPS) is 19.0. The van der Waals surface area contributed by atoms with Crippen LogP contribution in [0.4, 0.5) is 5.69 Å². The van der Waals surface area contributed by atoms with E-state index < -0.39 is 5.60 Å². The minimum atomic E-state index is -0.566. The second kappa shape index (κ2) is 6.86. The van der Waals surface area contributed by atoms with Crippen molar-refractivity contribution in [2.75, 3.05) is 25.5 Å². The van der Waals surface area contributed by atoms with E-state index in [1.54, 1.807) is 48.4 Å². The third-order valence-corrected chi connectivity index (χ3v) is 6.24. The highest BCUT2D eigenvalue weighted by atomic mass is 16.5. The molecule has 5 rings (SSSR count). The molecule has 7 heteroatoms. The van der Waals surface area contributed by atoms with Crippen LogP contribution in [0.5, 0.6) is 11.5 Å². The smallest absolute Gasteiger partial charge is 0.253 e. The van der Waals surface area contributed by atoms with Crippen molar-refractivity contribution >= 4 is 23.3 Å². The lowest BCUT2D eigenvalue weighted by Gasteiger charge is -2.44. The number of Topliss-reactive ketones (excluding diaryl/α,β-unsaturated/α-hetero) is 1. The quantitative estimate of drug-likeness (QED) is 0.829. The van der Waals surface area contributed by atoms with E-state index in [2.05, 4.69) is 5.32 Å². The Kier molecular flexibility index (Phi) is 4.27. The number of hydrogen-bond donors (Lipinski definition) is 1. The summed E-state index contributed by atoms with van der Waals surface area (Å²) in [6.07, 6.45) is 1.81.